The Labute approximate surface area is 198 Å². The second-order valence-electron chi connectivity index (χ2n) is 7.69. The van der Waals surface area contributed by atoms with E-state index < -0.39 is 0 Å². The van der Waals surface area contributed by atoms with Gasteiger partial charge in [-0.25, -0.2) is 4.98 Å². The minimum atomic E-state index is -0.348. The molecule has 3 aromatic carbocycles. The lowest BCUT2D eigenvalue weighted by Crippen LogP contribution is -2.35. The third-order valence-electron chi connectivity index (χ3n) is 5.65. The molecule has 0 saturated heterocycles. The van der Waals surface area contributed by atoms with E-state index in [1.54, 1.807) is 11.8 Å². The molecular formula is C25H19N5OS2. The predicted molar refractivity (Wildman–Crippen MR) is 133 cm³/mol. The molecule has 1 atom stereocenters. The highest BCUT2D eigenvalue weighted by molar-refractivity contribution is 8.00. The van der Waals surface area contributed by atoms with Crippen LogP contribution in [0.3, 0.4) is 0 Å². The van der Waals surface area contributed by atoms with Gasteiger partial charge in [0.25, 0.3) is 0 Å². The van der Waals surface area contributed by atoms with Crippen LogP contribution in [0.4, 0.5) is 11.4 Å². The average Bonchev–Trinajstić information content (AvgIpc) is 3.23. The van der Waals surface area contributed by atoms with E-state index in [1.165, 1.54) is 11.8 Å². The Balaban J connectivity index is 1.37. The van der Waals surface area contributed by atoms with Crippen LogP contribution in [0, 0.1) is 0 Å². The number of H-pyrrole nitrogens is 1. The number of hydrogen-bond acceptors (Lipinski definition) is 6. The van der Waals surface area contributed by atoms with E-state index >= 15 is 0 Å². The summed E-state index contributed by atoms with van der Waals surface area (Å²) in [5.41, 5.74) is 4.22. The molecule has 8 heteroatoms. The quantitative estimate of drug-likeness (QED) is 0.316. The van der Waals surface area contributed by atoms with Gasteiger partial charge < -0.3 is 4.98 Å². The van der Waals surface area contributed by atoms with Crippen LogP contribution in [0.25, 0.3) is 22.1 Å². The van der Waals surface area contributed by atoms with E-state index in [0.717, 1.165) is 37.6 Å². The first-order valence-electron chi connectivity index (χ1n) is 10.7. The molecule has 5 aromatic rings. The second kappa shape index (κ2) is 8.20. The van der Waals surface area contributed by atoms with Crippen molar-refractivity contribution in [3.63, 3.8) is 0 Å². The molecule has 6 nitrogen and oxygen atoms in total. The Morgan fingerprint density at radius 3 is 2.36 bits per heavy atom. The Hall–Kier alpha value is -3.36. The zero-order chi connectivity index (χ0) is 22.4. The summed E-state index contributed by atoms with van der Waals surface area (Å²) >= 11 is 3.06. The molecule has 1 N–H and O–H groups in total. The molecule has 0 fully saturated rings. The topological polar surface area (TPSA) is 74.8 Å². The summed E-state index contributed by atoms with van der Waals surface area (Å²) in [5, 5.41) is 9.79. The van der Waals surface area contributed by atoms with Crippen molar-refractivity contribution < 1.29 is 4.79 Å². The number of rotatable bonds is 4. The van der Waals surface area contributed by atoms with Gasteiger partial charge in [0.2, 0.25) is 11.1 Å². The molecule has 0 aliphatic carbocycles. The summed E-state index contributed by atoms with van der Waals surface area (Å²) in [7, 11) is 0. The summed E-state index contributed by atoms with van der Waals surface area (Å²) in [6, 6.07) is 24.0. The minimum absolute atomic E-state index is 0.0188. The first-order chi connectivity index (χ1) is 16.2. The average molecular weight is 470 g/mol. The Morgan fingerprint density at radius 1 is 0.970 bits per heavy atom. The van der Waals surface area contributed by atoms with Gasteiger partial charge in [0, 0.05) is 20.7 Å². The van der Waals surface area contributed by atoms with Gasteiger partial charge in [-0.15, -0.1) is 10.2 Å². The molecule has 6 rings (SSSR count). The zero-order valence-corrected chi connectivity index (χ0v) is 19.4. The number of anilines is 2. The number of carbonyl (C=O) groups is 1. The van der Waals surface area contributed by atoms with Gasteiger partial charge >= 0.3 is 0 Å². The number of nitrogens with one attached hydrogen (secondary N) is 1. The number of aromatic amines is 1. The minimum Gasteiger partial charge on any atom is -0.336 e. The fourth-order valence-corrected chi connectivity index (χ4v) is 6.00. The highest BCUT2D eigenvalue weighted by Gasteiger charge is 2.33. The highest BCUT2D eigenvalue weighted by atomic mass is 32.2. The highest BCUT2D eigenvalue weighted by Crippen LogP contribution is 2.48. The first-order valence-corrected chi connectivity index (χ1v) is 12.4. The summed E-state index contributed by atoms with van der Waals surface area (Å²) in [4.78, 5) is 25.9. The van der Waals surface area contributed by atoms with Gasteiger partial charge in [-0.3, -0.25) is 9.69 Å². The third kappa shape index (κ3) is 3.46. The molecule has 1 amide bonds. The maximum Gasteiger partial charge on any atom is 0.245 e. The lowest BCUT2D eigenvalue weighted by molar-refractivity contribution is -0.117. The molecule has 0 bridgehead atoms. The fraction of sp³-hybridized carbons (Fsp3) is 0.120. The van der Waals surface area contributed by atoms with Crippen molar-refractivity contribution in [3.05, 3.63) is 72.8 Å². The summed E-state index contributed by atoms with van der Waals surface area (Å²) in [6.07, 6.45) is 0.646. The monoisotopic (exact) mass is 469 g/mol. The van der Waals surface area contributed by atoms with E-state index in [0.29, 0.717) is 17.2 Å². The van der Waals surface area contributed by atoms with E-state index in [1.807, 2.05) is 72.5 Å². The van der Waals surface area contributed by atoms with E-state index in [-0.39, 0.29) is 11.2 Å². The Bertz CT molecular complexity index is 1470. The number of carbonyl (C=O) groups excluding carboxylic acids is 1. The predicted octanol–water partition coefficient (Wildman–Crippen LogP) is 6.21. The number of fused-ring (bicyclic) bond motifs is 5. The summed E-state index contributed by atoms with van der Waals surface area (Å²) in [6.45, 7) is 2.02. The second-order valence-corrected chi connectivity index (χ2v) is 9.94. The lowest BCUT2D eigenvalue weighted by Gasteiger charge is -2.33. The number of thioether (sulfide) groups is 1. The maximum absolute atomic E-state index is 13.9. The van der Waals surface area contributed by atoms with Crippen molar-refractivity contribution in [2.24, 2.45) is 0 Å². The lowest BCUT2D eigenvalue weighted by atomic mass is 10.2. The molecule has 1 aliphatic heterocycles. The standard InChI is InChI=1S/C25H19N5OS2/c1-2-19(33-25-27-22-15-9-3-4-10-16(15)26-23(22)28-29-25)24(31)30-17-11-5-7-13-20(17)32-21-14-8-6-12-18(21)30/h3-14,19H,2H2,1H3,(H,26,28). The number of para-hydroxylation sites is 3. The van der Waals surface area contributed by atoms with Crippen LogP contribution in [0.1, 0.15) is 13.3 Å². The van der Waals surface area contributed by atoms with E-state index in [4.69, 9.17) is 4.98 Å². The summed E-state index contributed by atoms with van der Waals surface area (Å²) < 4.78 is 0. The number of hydrogen-bond donors (Lipinski definition) is 1. The number of amides is 1. The van der Waals surface area contributed by atoms with Crippen LogP contribution < -0.4 is 4.90 Å². The number of nitrogens with zero attached hydrogens (tertiary/aromatic N) is 4. The van der Waals surface area contributed by atoms with Crippen molar-refractivity contribution in [2.45, 2.75) is 33.5 Å². The summed E-state index contributed by atoms with van der Waals surface area (Å²) in [5.74, 6) is 0.0188. The molecule has 3 heterocycles. The van der Waals surface area contributed by atoms with Crippen LogP contribution in [-0.4, -0.2) is 31.3 Å². The van der Waals surface area contributed by atoms with Crippen LogP contribution in [0.5, 0.6) is 0 Å². The van der Waals surface area contributed by atoms with Gasteiger partial charge in [0.05, 0.1) is 16.6 Å². The molecule has 1 aliphatic rings. The SMILES string of the molecule is CCC(Sc1nnc2[nH]c3ccccc3c2n1)C(=O)N1c2ccccc2Sc2ccccc21. The van der Waals surface area contributed by atoms with E-state index in [9.17, 15) is 4.79 Å². The van der Waals surface area contributed by atoms with Crippen LogP contribution in [0.2, 0.25) is 0 Å². The Morgan fingerprint density at radius 2 is 1.64 bits per heavy atom. The largest absolute Gasteiger partial charge is 0.336 e. The van der Waals surface area contributed by atoms with Gasteiger partial charge in [0.1, 0.15) is 5.52 Å². The van der Waals surface area contributed by atoms with Gasteiger partial charge in [-0.1, -0.05) is 72.9 Å². The van der Waals surface area contributed by atoms with Gasteiger partial charge in [-0.2, -0.15) is 0 Å². The Kier molecular flexibility index (Phi) is 5.04. The number of aromatic nitrogens is 4. The van der Waals surface area contributed by atoms with Crippen molar-refractivity contribution in [2.75, 3.05) is 4.90 Å². The molecule has 33 heavy (non-hydrogen) atoms. The molecule has 2 aromatic heterocycles. The zero-order valence-electron chi connectivity index (χ0n) is 17.7. The van der Waals surface area contributed by atoms with Gasteiger partial charge in [-0.05, 0) is 36.8 Å². The van der Waals surface area contributed by atoms with Crippen molar-refractivity contribution in [3.8, 4) is 0 Å². The molecule has 0 saturated carbocycles. The molecular weight excluding hydrogens is 450 g/mol. The normalized spacial score (nSPS) is 13.7. The van der Waals surface area contributed by atoms with Crippen LogP contribution >= 0.6 is 23.5 Å². The molecule has 0 radical (unpaired) electrons. The smallest absolute Gasteiger partial charge is 0.245 e. The van der Waals surface area contributed by atoms with Crippen LogP contribution in [0.15, 0.2) is 87.7 Å². The van der Waals surface area contributed by atoms with Crippen molar-refractivity contribution in [1.29, 1.82) is 0 Å². The van der Waals surface area contributed by atoms with Crippen LogP contribution in [-0.2, 0) is 4.79 Å². The van der Waals surface area contributed by atoms with Gasteiger partial charge in [0.15, 0.2) is 5.65 Å². The number of benzene rings is 3. The van der Waals surface area contributed by atoms with Crippen molar-refractivity contribution in [1.82, 2.24) is 20.2 Å². The molecule has 1 unspecified atom stereocenters. The van der Waals surface area contributed by atoms with E-state index in [2.05, 4.69) is 27.3 Å². The first kappa shape index (κ1) is 20.3. The fourth-order valence-electron chi connectivity index (χ4n) is 4.08. The molecule has 162 valence electrons. The van der Waals surface area contributed by atoms with Crippen molar-refractivity contribution >= 4 is 62.9 Å². The third-order valence-corrected chi connectivity index (χ3v) is 7.98. The molecule has 0 spiro atoms. The maximum atomic E-state index is 13.9.